The number of methoxy groups -OCH3 is 4. The Balaban J connectivity index is 3.32. The van der Waals surface area contributed by atoms with Crippen molar-refractivity contribution < 1.29 is 33.3 Å². The maximum absolute atomic E-state index is 12.7. The van der Waals surface area contributed by atoms with Crippen molar-refractivity contribution in [1.29, 1.82) is 0 Å². The van der Waals surface area contributed by atoms with Crippen LogP contribution in [0.4, 0.5) is 0 Å². The van der Waals surface area contributed by atoms with Crippen LogP contribution in [-0.4, -0.2) is 52.1 Å². The van der Waals surface area contributed by atoms with Gasteiger partial charge in [0, 0.05) is 12.0 Å². The van der Waals surface area contributed by atoms with Crippen molar-refractivity contribution in [2.75, 3.05) is 28.4 Å². The van der Waals surface area contributed by atoms with Crippen molar-refractivity contribution in [3.05, 3.63) is 17.7 Å². The van der Waals surface area contributed by atoms with Gasteiger partial charge in [0.2, 0.25) is 11.7 Å². The van der Waals surface area contributed by atoms with E-state index >= 15 is 0 Å². The van der Waals surface area contributed by atoms with Crippen LogP contribution in [-0.2, 0) is 14.3 Å². The third-order valence-corrected chi connectivity index (χ3v) is 3.27. The molecule has 1 N–H and O–H groups in total. The first kappa shape index (κ1) is 19.3. The van der Waals surface area contributed by atoms with Gasteiger partial charge in [-0.1, -0.05) is 6.92 Å². The van der Waals surface area contributed by atoms with E-state index in [-0.39, 0.29) is 23.5 Å². The zero-order valence-corrected chi connectivity index (χ0v) is 14.3. The summed E-state index contributed by atoms with van der Waals surface area (Å²) < 4.78 is 20.1. The van der Waals surface area contributed by atoms with Gasteiger partial charge in [0.1, 0.15) is 0 Å². The van der Waals surface area contributed by atoms with Gasteiger partial charge in [-0.3, -0.25) is 9.59 Å². The lowest BCUT2D eigenvalue weighted by atomic mass is 10.0. The van der Waals surface area contributed by atoms with Gasteiger partial charge in [0.15, 0.2) is 23.3 Å². The standard InChI is InChI=1S/C16H21NO7/c1-6-12(18)17-13(16(20)24-5)14(19)9-7-10(21-2)15(23-4)11(8-9)22-3/h7-8,13H,6H2,1-5H3,(H,17,18). The summed E-state index contributed by atoms with van der Waals surface area (Å²) in [5.41, 5.74) is 0.108. The Hall–Kier alpha value is -2.77. The quantitative estimate of drug-likeness (QED) is 0.428. The monoisotopic (exact) mass is 339 g/mol. The first-order valence-electron chi connectivity index (χ1n) is 7.14. The van der Waals surface area contributed by atoms with Crippen LogP contribution in [0.25, 0.3) is 0 Å². The van der Waals surface area contributed by atoms with E-state index < -0.39 is 23.7 Å². The van der Waals surface area contributed by atoms with Crippen molar-refractivity contribution in [1.82, 2.24) is 5.32 Å². The van der Waals surface area contributed by atoms with Gasteiger partial charge < -0.3 is 24.3 Å². The molecule has 1 aromatic carbocycles. The summed E-state index contributed by atoms with van der Waals surface area (Å²) >= 11 is 0. The molecule has 8 nitrogen and oxygen atoms in total. The van der Waals surface area contributed by atoms with Gasteiger partial charge in [0.25, 0.3) is 0 Å². The third-order valence-electron chi connectivity index (χ3n) is 3.27. The maximum Gasteiger partial charge on any atom is 0.336 e. The van der Waals surface area contributed by atoms with Crippen LogP contribution in [0.3, 0.4) is 0 Å². The molecular weight excluding hydrogens is 318 g/mol. The number of carbonyl (C=O) groups excluding carboxylic acids is 3. The molecule has 0 aliphatic carbocycles. The minimum Gasteiger partial charge on any atom is -0.493 e. The molecule has 0 bridgehead atoms. The topological polar surface area (TPSA) is 100 Å². The molecule has 8 heteroatoms. The number of amides is 1. The van der Waals surface area contributed by atoms with Crippen LogP contribution in [0, 0.1) is 0 Å². The molecule has 0 fully saturated rings. The number of Topliss-reactive ketones (excluding diaryl/α,β-unsaturated/α-hetero) is 1. The van der Waals surface area contributed by atoms with Gasteiger partial charge in [-0.25, -0.2) is 4.79 Å². The van der Waals surface area contributed by atoms with Crippen molar-refractivity contribution in [3.63, 3.8) is 0 Å². The Morgan fingerprint density at radius 2 is 1.54 bits per heavy atom. The number of rotatable bonds is 8. The van der Waals surface area contributed by atoms with Crippen LogP contribution in [0.15, 0.2) is 12.1 Å². The summed E-state index contributed by atoms with van der Waals surface area (Å²) in [5.74, 6) is -1.15. The molecule has 0 radical (unpaired) electrons. The molecule has 1 rings (SSSR count). The highest BCUT2D eigenvalue weighted by molar-refractivity contribution is 6.14. The molecule has 132 valence electrons. The Labute approximate surface area is 140 Å². The molecule has 0 aliphatic heterocycles. The number of ketones is 1. The van der Waals surface area contributed by atoms with E-state index in [4.69, 9.17) is 14.2 Å². The molecule has 0 aliphatic rings. The minimum absolute atomic E-state index is 0.108. The van der Waals surface area contributed by atoms with Gasteiger partial charge in [0.05, 0.1) is 28.4 Å². The SMILES string of the molecule is CCC(=O)NC(C(=O)OC)C(=O)c1cc(OC)c(OC)c(OC)c1. The molecule has 1 amide bonds. The lowest BCUT2D eigenvalue weighted by Crippen LogP contribution is -2.47. The average Bonchev–Trinajstić information content (AvgIpc) is 2.62. The minimum atomic E-state index is -1.45. The number of hydrogen-bond donors (Lipinski definition) is 1. The normalized spacial score (nSPS) is 11.2. The van der Waals surface area contributed by atoms with E-state index in [1.165, 1.54) is 33.5 Å². The lowest BCUT2D eigenvalue weighted by Gasteiger charge is -2.17. The predicted octanol–water partition coefficient (Wildman–Crippen LogP) is 0.963. The maximum atomic E-state index is 12.7. The summed E-state index contributed by atoms with van der Waals surface area (Å²) in [6.07, 6.45) is 0.121. The van der Waals surface area contributed by atoms with Gasteiger partial charge >= 0.3 is 5.97 Å². The number of ether oxygens (including phenoxy) is 4. The number of benzene rings is 1. The molecule has 24 heavy (non-hydrogen) atoms. The molecule has 0 spiro atoms. The fourth-order valence-electron chi connectivity index (χ4n) is 2.00. The molecular formula is C16H21NO7. The molecule has 1 unspecified atom stereocenters. The summed E-state index contributed by atoms with van der Waals surface area (Å²) in [4.78, 5) is 36.1. The fourth-order valence-corrected chi connectivity index (χ4v) is 2.00. The summed E-state index contributed by atoms with van der Waals surface area (Å²) in [7, 11) is 5.38. The molecule has 1 atom stereocenters. The van der Waals surface area contributed by atoms with Crippen LogP contribution in [0.1, 0.15) is 23.7 Å². The van der Waals surface area contributed by atoms with Gasteiger partial charge in [-0.15, -0.1) is 0 Å². The Morgan fingerprint density at radius 3 is 1.92 bits per heavy atom. The van der Waals surface area contributed by atoms with Crippen molar-refractivity contribution in [3.8, 4) is 17.2 Å². The highest BCUT2D eigenvalue weighted by atomic mass is 16.5. The number of esters is 1. The Bertz CT molecular complexity index is 602. The Morgan fingerprint density at radius 1 is 1.00 bits per heavy atom. The van der Waals surface area contributed by atoms with Gasteiger partial charge in [-0.05, 0) is 12.1 Å². The van der Waals surface area contributed by atoms with E-state index in [1.807, 2.05) is 0 Å². The van der Waals surface area contributed by atoms with E-state index in [1.54, 1.807) is 6.92 Å². The van der Waals surface area contributed by atoms with E-state index in [2.05, 4.69) is 10.1 Å². The van der Waals surface area contributed by atoms with Gasteiger partial charge in [-0.2, -0.15) is 0 Å². The van der Waals surface area contributed by atoms with E-state index in [9.17, 15) is 14.4 Å². The number of carbonyl (C=O) groups is 3. The average molecular weight is 339 g/mol. The number of nitrogens with one attached hydrogen (secondary N) is 1. The molecule has 0 aromatic heterocycles. The largest absolute Gasteiger partial charge is 0.493 e. The van der Waals surface area contributed by atoms with Crippen molar-refractivity contribution in [2.24, 2.45) is 0 Å². The lowest BCUT2D eigenvalue weighted by molar-refractivity contribution is -0.143. The van der Waals surface area contributed by atoms with Crippen molar-refractivity contribution >= 4 is 17.7 Å². The highest BCUT2D eigenvalue weighted by Crippen LogP contribution is 2.38. The van der Waals surface area contributed by atoms with E-state index in [0.29, 0.717) is 5.75 Å². The first-order valence-corrected chi connectivity index (χ1v) is 7.14. The first-order chi connectivity index (χ1) is 11.4. The highest BCUT2D eigenvalue weighted by Gasteiger charge is 2.31. The van der Waals surface area contributed by atoms with Crippen LogP contribution < -0.4 is 19.5 Å². The Kier molecular flexibility index (Phi) is 7.03. The second-order valence-corrected chi connectivity index (χ2v) is 4.66. The zero-order chi connectivity index (χ0) is 18.3. The molecule has 1 aromatic rings. The van der Waals surface area contributed by atoms with Crippen LogP contribution in [0.5, 0.6) is 17.2 Å². The van der Waals surface area contributed by atoms with Crippen LogP contribution >= 0.6 is 0 Å². The van der Waals surface area contributed by atoms with Crippen molar-refractivity contribution in [2.45, 2.75) is 19.4 Å². The fraction of sp³-hybridized carbons (Fsp3) is 0.438. The molecule has 0 saturated carbocycles. The zero-order valence-electron chi connectivity index (χ0n) is 14.3. The third kappa shape index (κ3) is 4.15. The summed E-state index contributed by atoms with van der Waals surface area (Å²) in [6.45, 7) is 1.60. The van der Waals surface area contributed by atoms with Crippen LogP contribution in [0.2, 0.25) is 0 Å². The summed E-state index contributed by atoms with van der Waals surface area (Å²) in [5, 5.41) is 2.34. The summed E-state index contributed by atoms with van der Waals surface area (Å²) in [6, 6.07) is 1.35. The second kappa shape index (κ2) is 8.76. The molecule has 0 heterocycles. The predicted molar refractivity (Wildman–Crippen MR) is 84.7 cm³/mol. The van der Waals surface area contributed by atoms with E-state index in [0.717, 1.165) is 7.11 Å². The smallest absolute Gasteiger partial charge is 0.336 e. The molecule has 0 saturated heterocycles. The second-order valence-electron chi connectivity index (χ2n) is 4.66. The number of hydrogen-bond acceptors (Lipinski definition) is 7.